The second-order valence-corrected chi connectivity index (χ2v) is 11.6. The second-order valence-electron chi connectivity index (χ2n) is 9.95. The zero-order valence-electron chi connectivity index (χ0n) is 23.6. The van der Waals surface area contributed by atoms with Crippen molar-refractivity contribution in [2.45, 2.75) is 11.4 Å². The minimum Gasteiger partial charge on any atom is -0.497 e. The molecular formula is C32H34N4O5S. The summed E-state index contributed by atoms with van der Waals surface area (Å²) in [7, 11) is -0.954. The Balaban J connectivity index is 1.15. The van der Waals surface area contributed by atoms with Crippen LogP contribution in [-0.2, 0) is 16.6 Å². The summed E-state index contributed by atoms with van der Waals surface area (Å²) >= 11 is 0. The van der Waals surface area contributed by atoms with Crippen LogP contribution >= 0.6 is 0 Å². The predicted molar refractivity (Wildman–Crippen MR) is 165 cm³/mol. The van der Waals surface area contributed by atoms with Gasteiger partial charge < -0.3 is 19.7 Å². The van der Waals surface area contributed by atoms with E-state index in [1.807, 2.05) is 30.3 Å². The fourth-order valence-corrected chi connectivity index (χ4v) is 5.90. The molecule has 0 aromatic heterocycles. The lowest BCUT2D eigenvalue weighted by molar-refractivity contribution is 0.102. The Morgan fingerprint density at radius 1 is 0.810 bits per heavy atom. The lowest BCUT2D eigenvalue weighted by atomic mass is 10.1. The molecule has 1 saturated heterocycles. The van der Waals surface area contributed by atoms with Crippen LogP contribution in [0.3, 0.4) is 0 Å². The van der Waals surface area contributed by atoms with Crippen molar-refractivity contribution in [1.82, 2.24) is 4.90 Å². The lowest BCUT2D eigenvalue weighted by Gasteiger charge is -2.36. The largest absolute Gasteiger partial charge is 0.497 e. The van der Waals surface area contributed by atoms with E-state index >= 15 is 0 Å². The summed E-state index contributed by atoms with van der Waals surface area (Å²) in [5.41, 5.74) is 3.67. The van der Waals surface area contributed by atoms with Gasteiger partial charge in [0, 0.05) is 55.7 Å². The molecule has 5 rings (SSSR count). The third kappa shape index (κ3) is 7.02. The van der Waals surface area contributed by atoms with Crippen molar-refractivity contribution < 1.29 is 22.7 Å². The number of nitrogens with one attached hydrogen (secondary N) is 2. The minimum atomic E-state index is -3.91. The summed E-state index contributed by atoms with van der Waals surface area (Å²) in [4.78, 5) is 17.7. The molecule has 1 aliphatic rings. The van der Waals surface area contributed by atoms with Gasteiger partial charge in [-0.2, -0.15) is 0 Å². The number of rotatable bonds is 10. The maximum atomic E-state index is 13.0. The molecule has 1 aliphatic heterocycles. The number of amides is 1. The molecule has 0 spiro atoms. The smallest absolute Gasteiger partial charge is 0.262 e. The number of sulfonamides is 1. The van der Waals surface area contributed by atoms with Crippen LogP contribution in [0.5, 0.6) is 11.5 Å². The molecule has 4 aromatic carbocycles. The number of nitrogens with zero attached hydrogens (tertiary/aromatic N) is 2. The van der Waals surface area contributed by atoms with Gasteiger partial charge in [-0.1, -0.05) is 30.3 Å². The van der Waals surface area contributed by atoms with Gasteiger partial charge in [-0.25, -0.2) is 8.42 Å². The third-order valence-electron chi connectivity index (χ3n) is 7.19. The van der Waals surface area contributed by atoms with Gasteiger partial charge in [-0.15, -0.1) is 0 Å². The van der Waals surface area contributed by atoms with Crippen molar-refractivity contribution in [3.8, 4) is 11.5 Å². The molecule has 0 aliphatic carbocycles. The molecule has 10 heteroatoms. The van der Waals surface area contributed by atoms with Crippen LogP contribution in [0.25, 0.3) is 0 Å². The summed E-state index contributed by atoms with van der Waals surface area (Å²) in [6, 6.07) is 28.9. The molecule has 1 heterocycles. The first kappa shape index (κ1) is 29.0. The predicted octanol–water partition coefficient (Wildman–Crippen LogP) is 5.08. The van der Waals surface area contributed by atoms with Gasteiger partial charge >= 0.3 is 0 Å². The molecule has 0 bridgehead atoms. The molecule has 218 valence electrons. The summed E-state index contributed by atoms with van der Waals surface area (Å²) < 4.78 is 38.9. The molecule has 0 saturated carbocycles. The number of hydrogen-bond donors (Lipinski definition) is 2. The first-order chi connectivity index (χ1) is 20.3. The van der Waals surface area contributed by atoms with Crippen LogP contribution in [0.15, 0.2) is 102 Å². The fraction of sp³-hybridized carbons (Fsp3) is 0.219. The Morgan fingerprint density at radius 2 is 1.50 bits per heavy atom. The van der Waals surface area contributed by atoms with Gasteiger partial charge in [0.15, 0.2) is 0 Å². The van der Waals surface area contributed by atoms with Crippen LogP contribution in [-0.4, -0.2) is 59.6 Å². The number of carbonyl (C=O) groups excluding carboxylic acids is 1. The number of anilines is 3. The quantitative estimate of drug-likeness (QED) is 0.267. The molecule has 4 aromatic rings. The summed E-state index contributed by atoms with van der Waals surface area (Å²) in [5.74, 6) is 0.578. The van der Waals surface area contributed by atoms with Gasteiger partial charge in [0.1, 0.15) is 11.5 Å². The molecule has 1 fully saturated rings. The van der Waals surface area contributed by atoms with Crippen molar-refractivity contribution >= 4 is 33.0 Å². The highest BCUT2D eigenvalue weighted by atomic mass is 32.2. The first-order valence-electron chi connectivity index (χ1n) is 13.6. The molecule has 9 nitrogen and oxygen atoms in total. The zero-order valence-corrected chi connectivity index (χ0v) is 24.4. The number of methoxy groups -OCH3 is 2. The van der Waals surface area contributed by atoms with Crippen molar-refractivity contribution in [1.29, 1.82) is 0 Å². The minimum absolute atomic E-state index is 0.0410. The normalized spacial score (nSPS) is 13.8. The molecule has 0 radical (unpaired) electrons. The molecule has 2 N–H and O–H groups in total. The topological polar surface area (TPSA) is 100 Å². The summed E-state index contributed by atoms with van der Waals surface area (Å²) in [5, 5.41) is 2.83. The van der Waals surface area contributed by atoms with Crippen molar-refractivity contribution in [3.63, 3.8) is 0 Å². The van der Waals surface area contributed by atoms with E-state index < -0.39 is 10.0 Å². The van der Waals surface area contributed by atoms with Crippen molar-refractivity contribution in [3.05, 3.63) is 108 Å². The standard InChI is InChI=1S/C32H34N4O5S/c1-40-28-14-17-31(41-2)30(22-28)34-42(38,39)29-15-12-26(13-16-29)33-32(37)25-10-8-24(9-11-25)23-35-18-20-36(21-19-35)27-6-4-3-5-7-27/h3-17,22,34H,18-21,23H2,1-2H3,(H,33,37). The van der Waals surface area contributed by atoms with E-state index in [4.69, 9.17) is 9.47 Å². The monoisotopic (exact) mass is 586 g/mol. The van der Waals surface area contributed by atoms with E-state index in [9.17, 15) is 13.2 Å². The van der Waals surface area contributed by atoms with E-state index in [1.54, 1.807) is 30.3 Å². The Kier molecular flexibility index (Phi) is 8.94. The number of piperazine rings is 1. The molecule has 1 amide bonds. The number of ether oxygens (including phenoxy) is 2. The zero-order chi connectivity index (χ0) is 29.5. The van der Waals surface area contributed by atoms with Crippen LogP contribution < -0.4 is 24.4 Å². The van der Waals surface area contributed by atoms with E-state index in [-0.39, 0.29) is 16.5 Å². The SMILES string of the molecule is COc1ccc(OC)c(NS(=O)(=O)c2ccc(NC(=O)c3ccc(CN4CCN(c5ccccc5)CC4)cc3)cc2)c1. The molecule has 0 unspecified atom stereocenters. The molecular weight excluding hydrogens is 552 g/mol. The van der Waals surface area contributed by atoms with Gasteiger partial charge in [-0.3, -0.25) is 14.4 Å². The van der Waals surface area contributed by atoms with E-state index in [0.717, 1.165) is 38.3 Å². The van der Waals surface area contributed by atoms with Gasteiger partial charge in [-0.05, 0) is 66.2 Å². The number of hydrogen-bond acceptors (Lipinski definition) is 7. The van der Waals surface area contributed by atoms with Crippen LogP contribution in [0, 0.1) is 0 Å². The number of benzene rings is 4. The van der Waals surface area contributed by atoms with Gasteiger partial charge in [0.2, 0.25) is 0 Å². The molecule has 42 heavy (non-hydrogen) atoms. The van der Waals surface area contributed by atoms with Gasteiger partial charge in [0.05, 0.1) is 24.8 Å². The average molecular weight is 587 g/mol. The Hall–Kier alpha value is -4.54. The van der Waals surface area contributed by atoms with Crippen LogP contribution in [0.1, 0.15) is 15.9 Å². The van der Waals surface area contributed by atoms with E-state index in [2.05, 4.69) is 44.1 Å². The maximum absolute atomic E-state index is 13.0. The Bertz CT molecular complexity index is 1600. The third-order valence-corrected chi connectivity index (χ3v) is 8.57. The first-order valence-corrected chi connectivity index (χ1v) is 15.1. The number of carbonyl (C=O) groups is 1. The Labute approximate surface area is 246 Å². The van der Waals surface area contributed by atoms with E-state index in [1.165, 1.54) is 32.0 Å². The van der Waals surface area contributed by atoms with Crippen LogP contribution in [0.2, 0.25) is 0 Å². The lowest BCUT2D eigenvalue weighted by Crippen LogP contribution is -2.45. The maximum Gasteiger partial charge on any atom is 0.262 e. The van der Waals surface area contributed by atoms with E-state index in [0.29, 0.717) is 22.7 Å². The Morgan fingerprint density at radius 3 is 2.14 bits per heavy atom. The number of para-hydroxylation sites is 1. The summed E-state index contributed by atoms with van der Waals surface area (Å²) in [6.07, 6.45) is 0. The highest BCUT2D eigenvalue weighted by molar-refractivity contribution is 7.92. The highest BCUT2D eigenvalue weighted by Crippen LogP contribution is 2.31. The second kappa shape index (κ2) is 13.0. The van der Waals surface area contributed by atoms with Crippen LogP contribution in [0.4, 0.5) is 17.1 Å². The fourth-order valence-electron chi connectivity index (χ4n) is 4.84. The van der Waals surface area contributed by atoms with Crippen molar-refractivity contribution in [2.75, 3.05) is 55.3 Å². The molecule has 0 atom stereocenters. The highest BCUT2D eigenvalue weighted by Gasteiger charge is 2.19. The average Bonchev–Trinajstić information content (AvgIpc) is 3.02. The summed E-state index contributed by atoms with van der Waals surface area (Å²) in [6.45, 7) is 4.75. The van der Waals surface area contributed by atoms with Gasteiger partial charge in [0.25, 0.3) is 15.9 Å². The van der Waals surface area contributed by atoms with Crippen molar-refractivity contribution in [2.24, 2.45) is 0 Å².